The maximum Gasteiger partial charge on any atom is 0.293 e. The number of carbonyl (C=O) groups excluding carboxylic acids is 1. The van der Waals surface area contributed by atoms with E-state index in [1.165, 1.54) is 12.2 Å². The Balaban J connectivity index is 0. The Kier molecular flexibility index (Phi) is 12.3. The molecule has 4 heteroatoms. The first-order valence-electron chi connectivity index (χ1n) is 5.31. The summed E-state index contributed by atoms with van der Waals surface area (Å²) in [5.74, 6) is 1.21. The van der Waals surface area contributed by atoms with Crippen molar-refractivity contribution in [1.29, 1.82) is 0 Å². The lowest BCUT2D eigenvalue weighted by atomic mass is 10.2. The summed E-state index contributed by atoms with van der Waals surface area (Å²) in [4.78, 5) is 9.60. The smallest absolute Gasteiger partial charge is 0.293 e. The first-order chi connectivity index (χ1) is 7.41. The number of likely N-dealkylation sites (N-methyl/N-ethyl adjacent to an activating group) is 1. The van der Waals surface area contributed by atoms with Gasteiger partial charge in [-0.05, 0) is 46.2 Å². The van der Waals surface area contributed by atoms with E-state index in [2.05, 4.69) is 22.9 Å². The van der Waals surface area contributed by atoms with Crippen LogP contribution in [0.3, 0.4) is 0 Å². The fraction of sp³-hybridized carbons (Fsp3) is 0.750. The summed E-state index contributed by atoms with van der Waals surface area (Å²) in [6.45, 7) is 9.63. The van der Waals surface area contributed by atoms with Gasteiger partial charge in [-0.2, -0.15) is 11.8 Å². The molecule has 0 aliphatic heterocycles. The van der Waals surface area contributed by atoms with E-state index in [9.17, 15) is 4.79 Å². The van der Waals surface area contributed by atoms with Gasteiger partial charge in [0.1, 0.15) is 5.60 Å². The molecule has 0 heterocycles. The molecule has 16 heavy (non-hydrogen) atoms. The van der Waals surface area contributed by atoms with E-state index in [-0.39, 0.29) is 5.60 Å². The molecule has 0 radical (unpaired) electrons. The molecule has 0 aromatic heterocycles. The maximum absolute atomic E-state index is 9.60. The highest BCUT2D eigenvalue weighted by atomic mass is 32.2. The molecular weight excluding hydrogens is 222 g/mol. The highest BCUT2D eigenvalue weighted by Gasteiger charge is 2.07. The number of hydrogen-bond acceptors (Lipinski definition) is 4. The Bertz CT molecular complexity index is 178. The molecule has 0 aromatic carbocycles. The zero-order chi connectivity index (χ0) is 13.0. The van der Waals surface area contributed by atoms with Crippen LogP contribution < -0.4 is 5.32 Å². The van der Waals surface area contributed by atoms with Crippen LogP contribution in [-0.2, 0) is 9.53 Å². The number of nitrogens with one attached hydrogen (secondary N) is 1. The second-order valence-electron chi connectivity index (χ2n) is 4.24. The highest BCUT2D eigenvalue weighted by molar-refractivity contribution is 7.98. The van der Waals surface area contributed by atoms with Gasteiger partial charge in [0.15, 0.2) is 0 Å². The zero-order valence-corrected chi connectivity index (χ0v) is 11.9. The quantitative estimate of drug-likeness (QED) is 0.578. The summed E-state index contributed by atoms with van der Waals surface area (Å²) < 4.78 is 4.55. The minimum Gasteiger partial charge on any atom is -0.462 e. The largest absolute Gasteiger partial charge is 0.462 e. The minimum atomic E-state index is -0.318. The first-order valence-corrected chi connectivity index (χ1v) is 6.70. The van der Waals surface area contributed by atoms with E-state index in [0.717, 1.165) is 0 Å². The molecule has 0 aliphatic rings. The summed E-state index contributed by atoms with van der Waals surface area (Å²) in [7, 11) is 1.96. The van der Waals surface area contributed by atoms with E-state index >= 15 is 0 Å². The molecule has 0 aliphatic carbocycles. The SMILES string of the molecule is C=CC(CCSC)NC.CC(C)(C)OC=O. The second kappa shape index (κ2) is 11.0. The Labute approximate surface area is 104 Å². The predicted octanol–water partition coefficient (Wildman–Crippen LogP) is 2.47. The average Bonchev–Trinajstić information content (AvgIpc) is 2.19. The zero-order valence-electron chi connectivity index (χ0n) is 11.1. The van der Waals surface area contributed by atoms with Crippen molar-refractivity contribution >= 4 is 18.2 Å². The van der Waals surface area contributed by atoms with Crippen molar-refractivity contribution in [3.63, 3.8) is 0 Å². The van der Waals surface area contributed by atoms with Gasteiger partial charge >= 0.3 is 0 Å². The summed E-state index contributed by atoms with van der Waals surface area (Å²) in [5.41, 5.74) is -0.318. The van der Waals surface area contributed by atoms with Crippen LogP contribution in [0.15, 0.2) is 12.7 Å². The van der Waals surface area contributed by atoms with Gasteiger partial charge in [0.05, 0.1) is 0 Å². The van der Waals surface area contributed by atoms with Crippen LogP contribution in [0.25, 0.3) is 0 Å². The van der Waals surface area contributed by atoms with Crippen molar-refractivity contribution in [2.45, 2.75) is 38.8 Å². The topological polar surface area (TPSA) is 38.3 Å². The molecule has 1 N–H and O–H groups in total. The summed E-state index contributed by atoms with van der Waals surface area (Å²) in [6, 6.07) is 0.498. The summed E-state index contributed by atoms with van der Waals surface area (Å²) in [5, 5.41) is 3.16. The minimum absolute atomic E-state index is 0.318. The lowest BCUT2D eigenvalue weighted by Gasteiger charge is -2.14. The molecule has 0 aromatic rings. The highest BCUT2D eigenvalue weighted by Crippen LogP contribution is 2.02. The fourth-order valence-corrected chi connectivity index (χ4v) is 1.26. The maximum atomic E-state index is 9.60. The van der Waals surface area contributed by atoms with E-state index < -0.39 is 0 Å². The third-order valence-electron chi connectivity index (χ3n) is 1.69. The van der Waals surface area contributed by atoms with Crippen molar-refractivity contribution in [2.75, 3.05) is 19.1 Å². The van der Waals surface area contributed by atoms with E-state index in [1.54, 1.807) is 0 Å². The third-order valence-corrected chi connectivity index (χ3v) is 2.33. The van der Waals surface area contributed by atoms with Gasteiger partial charge in [0.25, 0.3) is 6.47 Å². The normalized spacial score (nSPS) is 12.1. The Hall–Kier alpha value is -0.480. The lowest BCUT2D eigenvalue weighted by molar-refractivity contribution is -0.138. The van der Waals surface area contributed by atoms with Gasteiger partial charge in [0, 0.05) is 6.04 Å². The van der Waals surface area contributed by atoms with Crippen molar-refractivity contribution in [2.24, 2.45) is 0 Å². The molecule has 1 atom stereocenters. The fourth-order valence-electron chi connectivity index (χ4n) is 0.769. The van der Waals surface area contributed by atoms with Crippen LogP contribution in [0.1, 0.15) is 27.2 Å². The third kappa shape index (κ3) is 16.0. The van der Waals surface area contributed by atoms with E-state index in [4.69, 9.17) is 0 Å². The number of thioether (sulfide) groups is 1. The Morgan fingerprint density at radius 2 is 2.06 bits per heavy atom. The molecule has 0 rings (SSSR count). The van der Waals surface area contributed by atoms with E-state index in [0.29, 0.717) is 12.5 Å². The standard InChI is InChI=1S/C7H15NS.C5H10O2/c1-4-7(8-2)5-6-9-3;1-5(2,3)7-4-6/h4,7-8H,1,5-6H2,2-3H3;4H,1-3H3. The van der Waals surface area contributed by atoms with E-state index in [1.807, 2.05) is 45.7 Å². The van der Waals surface area contributed by atoms with Crippen molar-refractivity contribution in [3.05, 3.63) is 12.7 Å². The Morgan fingerprint density at radius 1 is 1.50 bits per heavy atom. The van der Waals surface area contributed by atoms with Crippen LogP contribution >= 0.6 is 11.8 Å². The summed E-state index contributed by atoms with van der Waals surface area (Å²) in [6.07, 6.45) is 5.26. The van der Waals surface area contributed by atoms with Crippen LogP contribution in [0, 0.1) is 0 Å². The van der Waals surface area contributed by atoms with Crippen molar-refractivity contribution < 1.29 is 9.53 Å². The Morgan fingerprint density at radius 3 is 2.25 bits per heavy atom. The van der Waals surface area contributed by atoms with Crippen LogP contribution in [0.5, 0.6) is 0 Å². The molecule has 0 saturated carbocycles. The monoisotopic (exact) mass is 247 g/mol. The number of carbonyl (C=O) groups is 1. The molecule has 96 valence electrons. The number of rotatable bonds is 6. The van der Waals surface area contributed by atoms with Gasteiger partial charge in [-0.3, -0.25) is 4.79 Å². The molecule has 0 amide bonds. The van der Waals surface area contributed by atoms with Gasteiger partial charge in [0.2, 0.25) is 0 Å². The van der Waals surface area contributed by atoms with Gasteiger partial charge in [-0.25, -0.2) is 0 Å². The lowest BCUT2D eigenvalue weighted by Crippen LogP contribution is -2.22. The van der Waals surface area contributed by atoms with Gasteiger partial charge in [-0.1, -0.05) is 6.08 Å². The molecule has 1 unspecified atom stereocenters. The number of ether oxygens (including phenoxy) is 1. The van der Waals surface area contributed by atoms with Gasteiger partial charge in [-0.15, -0.1) is 6.58 Å². The molecule has 0 bridgehead atoms. The van der Waals surface area contributed by atoms with Crippen LogP contribution in [-0.4, -0.2) is 37.2 Å². The summed E-state index contributed by atoms with van der Waals surface area (Å²) >= 11 is 1.87. The molecule has 0 spiro atoms. The number of hydrogen-bond donors (Lipinski definition) is 1. The second-order valence-corrected chi connectivity index (χ2v) is 5.22. The van der Waals surface area contributed by atoms with Crippen molar-refractivity contribution in [1.82, 2.24) is 5.32 Å². The van der Waals surface area contributed by atoms with Gasteiger partial charge < -0.3 is 10.1 Å². The molecular formula is C12H25NO2S. The first kappa shape index (κ1) is 17.9. The van der Waals surface area contributed by atoms with Crippen LogP contribution in [0.2, 0.25) is 0 Å². The molecule has 3 nitrogen and oxygen atoms in total. The molecule has 0 saturated heterocycles. The van der Waals surface area contributed by atoms with Crippen LogP contribution in [0.4, 0.5) is 0 Å². The molecule has 0 fully saturated rings. The average molecular weight is 247 g/mol. The predicted molar refractivity (Wildman–Crippen MR) is 72.9 cm³/mol. The van der Waals surface area contributed by atoms with Crippen molar-refractivity contribution in [3.8, 4) is 0 Å².